The molecule has 3 N–H and O–H groups in total. The molecule has 1 aromatic carbocycles. The van der Waals surface area contributed by atoms with Crippen LogP contribution in [0, 0.1) is 11.3 Å². The maximum absolute atomic E-state index is 9.09. The summed E-state index contributed by atoms with van der Waals surface area (Å²) in [5.74, 6) is -0.358. The second-order valence-electron chi connectivity index (χ2n) is 3.41. The summed E-state index contributed by atoms with van der Waals surface area (Å²) in [7, 11) is 0. The first-order valence-corrected chi connectivity index (χ1v) is 6.33. The molecule has 6 heteroatoms. The Morgan fingerprint density at radius 1 is 1.41 bits per heavy atom. The van der Waals surface area contributed by atoms with Crippen molar-refractivity contribution in [3.63, 3.8) is 0 Å². The van der Waals surface area contributed by atoms with Crippen molar-refractivity contribution in [1.82, 2.24) is 0 Å². The van der Waals surface area contributed by atoms with Gasteiger partial charge >= 0.3 is 0 Å². The molecule has 1 atom stereocenters. The lowest BCUT2D eigenvalue weighted by Crippen LogP contribution is -2.06. The molecule has 86 valence electrons. The molecule has 0 aromatic heterocycles. The molecule has 0 fully saturated rings. The lowest BCUT2D eigenvalue weighted by atomic mass is 9.93. The number of nitrogens with two attached hydrogens (primary N) is 1. The van der Waals surface area contributed by atoms with Crippen LogP contribution in [0.4, 0.5) is 0 Å². The number of allylic oxidation sites excluding steroid dienone is 1. The normalized spacial score (nSPS) is 21.9. The Morgan fingerprint density at radius 2 is 2.06 bits per heavy atom. The Kier molecular flexibility index (Phi) is 3.41. The van der Waals surface area contributed by atoms with Crippen LogP contribution in [0.1, 0.15) is 11.5 Å². The standard InChI is InChI=1S/C11H8BrN3OS/c12-7-3-1-6(2-4-7)9-8(5-13)10(14)17-11(9)15-16/h1-4,9,16H,14H2/t9-/m1/s1. The van der Waals surface area contributed by atoms with Gasteiger partial charge in [-0.05, 0) is 17.7 Å². The molecule has 2 rings (SSSR count). The van der Waals surface area contributed by atoms with E-state index >= 15 is 0 Å². The van der Waals surface area contributed by atoms with Crippen molar-refractivity contribution in [3.05, 3.63) is 44.9 Å². The minimum absolute atomic E-state index is 0.358. The molecule has 0 saturated heterocycles. The number of hydrogen-bond acceptors (Lipinski definition) is 5. The van der Waals surface area contributed by atoms with Gasteiger partial charge in [-0.25, -0.2) is 0 Å². The van der Waals surface area contributed by atoms with E-state index in [4.69, 9.17) is 16.2 Å². The average Bonchev–Trinajstić information content (AvgIpc) is 2.66. The minimum atomic E-state index is -0.358. The number of hydrogen-bond donors (Lipinski definition) is 2. The van der Waals surface area contributed by atoms with Gasteiger partial charge in [0.05, 0.1) is 22.6 Å². The van der Waals surface area contributed by atoms with Crippen LogP contribution in [0.3, 0.4) is 0 Å². The fourth-order valence-corrected chi connectivity index (χ4v) is 2.83. The number of benzene rings is 1. The lowest BCUT2D eigenvalue weighted by molar-refractivity contribution is 0.319. The van der Waals surface area contributed by atoms with Crippen LogP contribution in [-0.2, 0) is 0 Å². The van der Waals surface area contributed by atoms with Crippen molar-refractivity contribution in [1.29, 1.82) is 5.26 Å². The highest BCUT2D eigenvalue weighted by atomic mass is 79.9. The van der Waals surface area contributed by atoms with Crippen molar-refractivity contribution in [2.45, 2.75) is 5.92 Å². The Hall–Kier alpha value is -1.45. The first-order valence-electron chi connectivity index (χ1n) is 4.72. The van der Waals surface area contributed by atoms with Gasteiger partial charge in [-0.2, -0.15) is 5.26 Å². The Bertz CT molecular complexity index is 545. The topological polar surface area (TPSA) is 82.4 Å². The number of nitriles is 1. The summed E-state index contributed by atoms with van der Waals surface area (Å²) in [6.45, 7) is 0. The zero-order valence-corrected chi connectivity index (χ0v) is 11.0. The van der Waals surface area contributed by atoms with Crippen LogP contribution in [0.5, 0.6) is 0 Å². The molecule has 4 nitrogen and oxygen atoms in total. The van der Waals surface area contributed by atoms with Gasteiger partial charge in [0.2, 0.25) is 0 Å². The third kappa shape index (κ3) is 2.16. The first-order chi connectivity index (χ1) is 8.17. The molecule has 0 radical (unpaired) electrons. The van der Waals surface area contributed by atoms with E-state index < -0.39 is 0 Å². The smallest absolute Gasteiger partial charge is 0.131 e. The summed E-state index contributed by atoms with van der Waals surface area (Å²) in [5, 5.41) is 22.1. The highest BCUT2D eigenvalue weighted by Gasteiger charge is 2.33. The van der Waals surface area contributed by atoms with Gasteiger partial charge in [0.15, 0.2) is 0 Å². The second-order valence-corrected chi connectivity index (χ2v) is 5.39. The molecule has 0 spiro atoms. The Labute approximate surface area is 111 Å². The number of thioether (sulfide) groups is 1. The molecule has 17 heavy (non-hydrogen) atoms. The Balaban J connectivity index is 2.49. The highest BCUT2D eigenvalue weighted by molar-refractivity contribution is 9.10. The van der Waals surface area contributed by atoms with Crippen molar-refractivity contribution in [3.8, 4) is 6.07 Å². The van der Waals surface area contributed by atoms with E-state index in [1.807, 2.05) is 24.3 Å². The predicted octanol–water partition coefficient (Wildman–Crippen LogP) is 2.76. The van der Waals surface area contributed by atoms with Crippen molar-refractivity contribution in [2.75, 3.05) is 0 Å². The lowest BCUT2D eigenvalue weighted by Gasteiger charge is -2.10. The van der Waals surface area contributed by atoms with Crippen molar-refractivity contribution in [2.24, 2.45) is 10.9 Å². The molecule has 0 amide bonds. The summed E-state index contributed by atoms with van der Waals surface area (Å²) < 4.78 is 0.949. The van der Waals surface area contributed by atoms with E-state index in [2.05, 4.69) is 27.2 Å². The van der Waals surface area contributed by atoms with Crippen LogP contribution in [-0.4, -0.2) is 10.3 Å². The third-order valence-electron chi connectivity index (χ3n) is 2.44. The van der Waals surface area contributed by atoms with Gasteiger partial charge < -0.3 is 10.9 Å². The number of oxime groups is 1. The molecular formula is C11H8BrN3OS. The van der Waals surface area contributed by atoms with E-state index in [-0.39, 0.29) is 5.92 Å². The van der Waals surface area contributed by atoms with Gasteiger partial charge in [-0.15, -0.1) is 0 Å². The molecule has 1 aliphatic heterocycles. The van der Waals surface area contributed by atoms with Crippen LogP contribution < -0.4 is 5.73 Å². The summed E-state index contributed by atoms with van der Waals surface area (Å²) in [4.78, 5) is 0. The summed E-state index contributed by atoms with van der Waals surface area (Å²) in [5.41, 5.74) is 7.05. The third-order valence-corrected chi connectivity index (χ3v) is 3.93. The molecule has 1 heterocycles. The summed E-state index contributed by atoms with van der Waals surface area (Å²) >= 11 is 4.47. The largest absolute Gasteiger partial charge is 0.410 e. The van der Waals surface area contributed by atoms with E-state index in [1.54, 1.807) is 0 Å². The zero-order valence-electron chi connectivity index (χ0n) is 8.59. The number of rotatable bonds is 1. The molecule has 0 saturated carbocycles. The quantitative estimate of drug-likeness (QED) is 0.617. The highest BCUT2D eigenvalue weighted by Crippen LogP contribution is 2.41. The van der Waals surface area contributed by atoms with E-state index in [1.165, 1.54) is 0 Å². The summed E-state index contributed by atoms with van der Waals surface area (Å²) in [6.07, 6.45) is 0. The van der Waals surface area contributed by atoms with E-state index in [9.17, 15) is 0 Å². The van der Waals surface area contributed by atoms with E-state index in [0.29, 0.717) is 15.6 Å². The Morgan fingerprint density at radius 3 is 2.59 bits per heavy atom. The van der Waals surface area contributed by atoms with Gasteiger partial charge in [-0.3, -0.25) is 0 Å². The SMILES string of the molecule is N#CC1=C(N)SC(=NO)[C@@H]1c1ccc(Br)cc1. The second kappa shape index (κ2) is 4.82. The average molecular weight is 310 g/mol. The van der Waals surface area contributed by atoms with Crippen LogP contribution in [0.25, 0.3) is 0 Å². The predicted molar refractivity (Wildman–Crippen MR) is 70.5 cm³/mol. The molecule has 1 aliphatic rings. The maximum Gasteiger partial charge on any atom is 0.131 e. The fraction of sp³-hybridized carbons (Fsp3) is 0.0909. The summed E-state index contributed by atoms with van der Waals surface area (Å²) in [6, 6.07) is 9.56. The van der Waals surface area contributed by atoms with Crippen molar-refractivity contribution >= 4 is 32.7 Å². The van der Waals surface area contributed by atoms with Gasteiger partial charge in [0.25, 0.3) is 0 Å². The molecule has 1 aromatic rings. The van der Waals surface area contributed by atoms with Crippen molar-refractivity contribution < 1.29 is 5.21 Å². The molecule has 0 aliphatic carbocycles. The maximum atomic E-state index is 9.09. The van der Waals surface area contributed by atoms with Gasteiger partial charge in [-0.1, -0.05) is 45.0 Å². The fourth-order valence-electron chi connectivity index (χ4n) is 1.65. The molecule has 0 unspecified atom stereocenters. The first kappa shape index (κ1) is 12.0. The minimum Gasteiger partial charge on any atom is -0.410 e. The van der Waals surface area contributed by atoms with Crippen LogP contribution >= 0.6 is 27.7 Å². The monoisotopic (exact) mass is 309 g/mol. The van der Waals surface area contributed by atoms with Gasteiger partial charge in [0, 0.05) is 4.47 Å². The number of nitrogens with zero attached hydrogens (tertiary/aromatic N) is 2. The molecular weight excluding hydrogens is 302 g/mol. The van der Waals surface area contributed by atoms with Crippen LogP contribution in [0.15, 0.2) is 44.5 Å². The van der Waals surface area contributed by atoms with Gasteiger partial charge in [0.1, 0.15) is 5.04 Å². The van der Waals surface area contributed by atoms with Crippen LogP contribution in [0.2, 0.25) is 0 Å². The number of halogens is 1. The molecule has 0 bridgehead atoms. The zero-order chi connectivity index (χ0) is 12.4. The van der Waals surface area contributed by atoms with E-state index in [0.717, 1.165) is 21.8 Å².